The summed E-state index contributed by atoms with van der Waals surface area (Å²) in [6, 6.07) is 12.0. The van der Waals surface area contributed by atoms with Gasteiger partial charge in [-0.05, 0) is 18.2 Å². The quantitative estimate of drug-likeness (QED) is 0.800. The summed E-state index contributed by atoms with van der Waals surface area (Å²) in [7, 11) is 0. The molecule has 0 spiro atoms. The van der Waals surface area contributed by atoms with Gasteiger partial charge in [-0.2, -0.15) is 0 Å². The molecule has 0 saturated heterocycles. The Bertz CT molecular complexity index is 682. The summed E-state index contributed by atoms with van der Waals surface area (Å²) in [5.74, 6) is 0.281. The van der Waals surface area contributed by atoms with Crippen LogP contribution in [0.25, 0.3) is 10.6 Å². The number of hydrogen-bond acceptors (Lipinski definition) is 6. The van der Waals surface area contributed by atoms with E-state index in [0.717, 1.165) is 14.9 Å². The van der Waals surface area contributed by atoms with E-state index in [-0.39, 0.29) is 5.95 Å². The molecule has 0 amide bonds. The van der Waals surface area contributed by atoms with Crippen molar-refractivity contribution < 1.29 is 0 Å². The minimum Gasteiger partial charge on any atom is -0.368 e. The number of nitrogen functional groups attached to an aromatic ring is 1. The average molecular weight is 286 g/mol. The highest BCUT2D eigenvalue weighted by Gasteiger charge is 2.07. The van der Waals surface area contributed by atoms with Gasteiger partial charge in [0.25, 0.3) is 0 Å². The molecule has 0 saturated carbocycles. The lowest BCUT2D eigenvalue weighted by molar-refractivity contribution is 1.19. The van der Waals surface area contributed by atoms with Crippen LogP contribution < -0.4 is 5.73 Å². The Labute approximate surface area is 118 Å². The van der Waals surface area contributed by atoms with Crippen LogP contribution in [0.1, 0.15) is 0 Å². The number of nitrogens with two attached hydrogens (primary N) is 1. The Hall–Kier alpha value is -1.92. The van der Waals surface area contributed by atoms with Crippen molar-refractivity contribution in [3.05, 3.63) is 48.8 Å². The SMILES string of the molecule is Nc1nccc(-c2cnc(Sc3ccccc3)s2)n1. The zero-order valence-electron chi connectivity index (χ0n) is 9.85. The van der Waals surface area contributed by atoms with Gasteiger partial charge >= 0.3 is 0 Å². The molecule has 3 aromatic rings. The molecule has 0 aliphatic rings. The molecule has 0 atom stereocenters. The molecule has 0 unspecified atom stereocenters. The van der Waals surface area contributed by atoms with Gasteiger partial charge in [0, 0.05) is 17.3 Å². The summed E-state index contributed by atoms with van der Waals surface area (Å²) in [4.78, 5) is 14.6. The van der Waals surface area contributed by atoms with Gasteiger partial charge < -0.3 is 5.73 Å². The molecule has 0 aliphatic carbocycles. The van der Waals surface area contributed by atoms with Crippen LogP contribution in [-0.2, 0) is 0 Å². The molecular formula is C13H10N4S2. The first-order valence-corrected chi connectivity index (χ1v) is 7.22. The van der Waals surface area contributed by atoms with E-state index in [1.165, 1.54) is 4.90 Å². The van der Waals surface area contributed by atoms with Crippen LogP contribution in [0.4, 0.5) is 5.95 Å². The van der Waals surface area contributed by atoms with Crippen LogP contribution in [0.5, 0.6) is 0 Å². The molecule has 2 heterocycles. The van der Waals surface area contributed by atoms with Gasteiger partial charge in [-0.3, -0.25) is 0 Å². The summed E-state index contributed by atoms with van der Waals surface area (Å²) in [6.07, 6.45) is 3.47. The fourth-order valence-electron chi connectivity index (χ4n) is 1.52. The van der Waals surface area contributed by atoms with Gasteiger partial charge in [0.15, 0.2) is 4.34 Å². The molecule has 19 heavy (non-hydrogen) atoms. The normalized spacial score (nSPS) is 10.5. The zero-order chi connectivity index (χ0) is 13.1. The Balaban J connectivity index is 1.84. The highest BCUT2D eigenvalue weighted by molar-refractivity contribution is 8.01. The lowest BCUT2D eigenvalue weighted by atomic mass is 10.4. The number of aromatic nitrogens is 3. The van der Waals surface area contributed by atoms with E-state index in [4.69, 9.17) is 5.73 Å². The summed E-state index contributed by atoms with van der Waals surface area (Å²) in [6.45, 7) is 0. The van der Waals surface area contributed by atoms with Crippen molar-refractivity contribution in [1.29, 1.82) is 0 Å². The van der Waals surface area contributed by atoms with E-state index >= 15 is 0 Å². The molecular weight excluding hydrogens is 276 g/mol. The maximum Gasteiger partial charge on any atom is 0.220 e. The van der Waals surface area contributed by atoms with Gasteiger partial charge in [-0.25, -0.2) is 15.0 Å². The predicted octanol–water partition coefficient (Wildman–Crippen LogP) is 3.33. The molecule has 3 rings (SSSR count). The Kier molecular flexibility index (Phi) is 3.43. The second-order valence-corrected chi connectivity index (χ2v) is 6.06. The van der Waals surface area contributed by atoms with E-state index in [1.807, 2.05) is 30.5 Å². The van der Waals surface area contributed by atoms with Crippen LogP contribution in [0.15, 0.2) is 58.0 Å². The van der Waals surface area contributed by atoms with Crippen LogP contribution in [0.3, 0.4) is 0 Å². The van der Waals surface area contributed by atoms with Crippen molar-refractivity contribution in [2.75, 3.05) is 5.73 Å². The largest absolute Gasteiger partial charge is 0.368 e. The van der Waals surface area contributed by atoms with Crippen molar-refractivity contribution in [2.45, 2.75) is 9.24 Å². The van der Waals surface area contributed by atoms with Crippen molar-refractivity contribution in [3.8, 4) is 10.6 Å². The second-order valence-electron chi connectivity index (χ2n) is 3.71. The van der Waals surface area contributed by atoms with Crippen molar-refractivity contribution in [2.24, 2.45) is 0 Å². The van der Waals surface area contributed by atoms with Gasteiger partial charge in [-0.15, -0.1) is 11.3 Å². The molecule has 2 N–H and O–H groups in total. The molecule has 6 heteroatoms. The second kappa shape index (κ2) is 5.38. The standard InChI is InChI=1S/C13H10N4S2/c14-12-15-7-6-10(17-12)11-8-16-13(19-11)18-9-4-2-1-3-5-9/h1-8H,(H2,14,15,17). The first-order chi connectivity index (χ1) is 9.31. The molecule has 0 bridgehead atoms. The molecule has 0 radical (unpaired) electrons. The minimum absolute atomic E-state index is 0.281. The third kappa shape index (κ3) is 2.91. The molecule has 94 valence electrons. The van der Waals surface area contributed by atoms with E-state index in [2.05, 4.69) is 27.1 Å². The number of anilines is 1. The van der Waals surface area contributed by atoms with Gasteiger partial charge in [-0.1, -0.05) is 30.0 Å². The van der Waals surface area contributed by atoms with Crippen LogP contribution in [0, 0.1) is 0 Å². The Morgan fingerprint density at radius 3 is 2.68 bits per heavy atom. The lowest BCUT2D eigenvalue weighted by Gasteiger charge is -1.96. The summed E-state index contributed by atoms with van der Waals surface area (Å²) in [5, 5.41) is 0. The molecule has 0 aliphatic heterocycles. The molecule has 4 nitrogen and oxygen atoms in total. The summed E-state index contributed by atoms with van der Waals surface area (Å²) >= 11 is 3.24. The predicted molar refractivity (Wildman–Crippen MR) is 78.1 cm³/mol. The topological polar surface area (TPSA) is 64.7 Å². The van der Waals surface area contributed by atoms with E-state index in [1.54, 1.807) is 29.3 Å². The van der Waals surface area contributed by atoms with Crippen LogP contribution >= 0.6 is 23.1 Å². The van der Waals surface area contributed by atoms with Gasteiger partial charge in [0.2, 0.25) is 5.95 Å². The number of nitrogens with zero attached hydrogens (tertiary/aromatic N) is 3. The number of hydrogen-bond donors (Lipinski definition) is 1. The highest BCUT2D eigenvalue weighted by atomic mass is 32.2. The molecule has 1 aromatic carbocycles. The zero-order valence-corrected chi connectivity index (χ0v) is 11.5. The fraction of sp³-hybridized carbons (Fsp3) is 0. The molecule has 2 aromatic heterocycles. The van der Waals surface area contributed by atoms with Gasteiger partial charge in [0.05, 0.1) is 10.6 Å². The van der Waals surface area contributed by atoms with Crippen LogP contribution in [-0.4, -0.2) is 15.0 Å². The van der Waals surface area contributed by atoms with Gasteiger partial charge in [0.1, 0.15) is 0 Å². The summed E-state index contributed by atoms with van der Waals surface area (Å²) in [5.41, 5.74) is 6.39. The smallest absolute Gasteiger partial charge is 0.220 e. The Morgan fingerprint density at radius 1 is 1.05 bits per heavy atom. The van der Waals surface area contributed by atoms with E-state index in [0.29, 0.717) is 0 Å². The lowest BCUT2D eigenvalue weighted by Crippen LogP contribution is -1.93. The van der Waals surface area contributed by atoms with Crippen molar-refractivity contribution in [1.82, 2.24) is 15.0 Å². The third-order valence-electron chi connectivity index (χ3n) is 2.36. The van der Waals surface area contributed by atoms with Crippen molar-refractivity contribution in [3.63, 3.8) is 0 Å². The maximum absolute atomic E-state index is 5.58. The fourth-order valence-corrected chi connectivity index (χ4v) is 3.47. The number of thiazole rings is 1. The van der Waals surface area contributed by atoms with Crippen LogP contribution in [0.2, 0.25) is 0 Å². The van der Waals surface area contributed by atoms with Crippen molar-refractivity contribution >= 4 is 29.0 Å². The molecule has 0 fully saturated rings. The third-order valence-corrected chi connectivity index (χ3v) is 4.46. The highest BCUT2D eigenvalue weighted by Crippen LogP contribution is 2.34. The minimum atomic E-state index is 0.281. The monoisotopic (exact) mass is 286 g/mol. The van der Waals surface area contributed by atoms with E-state index in [9.17, 15) is 0 Å². The number of benzene rings is 1. The number of rotatable bonds is 3. The maximum atomic E-state index is 5.58. The summed E-state index contributed by atoms with van der Waals surface area (Å²) < 4.78 is 0.985. The first kappa shape index (κ1) is 12.1. The van der Waals surface area contributed by atoms with E-state index < -0.39 is 0 Å². The first-order valence-electron chi connectivity index (χ1n) is 5.59. The average Bonchev–Trinajstić information content (AvgIpc) is 2.88. The Morgan fingerprint density at radius 2 is 1.89 bits per heavy atom.